The summed E-state index contributed by atoms with van der Waals surface area (Å²) in [4.78, 5) is 25.4. The summed E-state index contributed by atoms with van der Waals surface area (Å²) in [7, 11) is 0. The molecule has 6 heteroatoms. The van der Waals surface area contributed by atoms with Gasteiger partial charge in [0.1, 0.15) is 5.54 Å². The fourth-order valence-electron chi connectivity index (χ4n) is 2.84. The van der Waals surface area contributed by atoms with Gasteiger partial charge < -0.3 is 15.3 Å². The molecule has 1 saturated heterocycles. The molecule has 1 atom stereocenters. The quantitative estimate of drug-likeness (QED) is 0.877. The van der Waals surface area contributed by atoms with Gasteiger partial charge in [-0.2, -0.15) is 11.3 Å². The molecule has 0 spiro atoms. The number of hydrogen-bond donors (Lipinski definition) is 2. The van der Waals surface area contributed by atoms with Crippen molar-refractivity contribution >= 4 is 23.3 Å². The van der Waals surface area contributed by atoms with Crippen LogP contribution in [-0.2, 0) is 11.3 Å². The van der Waals surface area contributed by atoms with Gasteiger partial charge in [0.15, 0.2) is 0 Å². The minimum atomic E-state index is -1.02. The van der Waals surface area contributed by atoms with E-state index in [0.29, 0.717) is 25.9 Å². The summed E-state index contributed by atoms with van der Waals surface area (Å²) in [6.07, 6.45) is 2.55. The number of rotatable bonds is 5. The molecule has 2 heterocycles. The number of carboxylic acid groups (broad SMARTS) is 1. The van der Waals surface area contributed by atoms with Gasteiger partial charge in [0.05, 0.1) is 0 Å². The molecule has 1 aliphatic heterocycles. The van der Waals surface area contributed by atoms with E-state index in [1.54, 1.807) is 11.3 Å². The van der Waals surface area contributed by atoms with Crippen LogP contribution in [0.2, 0.25) is 0 Å². The Morgan fingerprint density at radius 3 is 2.95 bits per heavy atom. The first-order valence-electron chi connectivity index (χ1n) is 6.90. The molecular formula is C14H20N2O3S. The van der Waals surface area contributed by atoms with E-state index in [1.807, 2.05) is 23.8 Å². The molecule has 1 aliphatic rings. The molecule has 1 aromatic heterocycles. The lowest BCUT2D eigenvalue weighted by atomic mass is 9.91. The number of likely N-dealkylation sites (tertiary alicyclic amines) is 1. The van der Waals surface area contributed by atoms with Crippen LogP contribution in [0.15, 0.2) is 16.8 Å². The molecule has 2 N–H and O–H groups in total. The summed E-state index contributed by atoms with van der Waals surface area (Å²) in [6.45, 7) is 2.91. The normalized spacial score (nSPS) is 21.9. The first kappa shape index (κ1) is 14.8. The monoisotopic (exact) mass is 296 g/mol. The van der Waals surface area contributed by atoms with Crippen molar-refractivity contribution in [3.05, 3.63) is 22.4 Å². The Morgan fingerprint density at radius 1 is 1.55 bits per heavy atom. The number of carbonyl (C=O) groups is 2. The predicted octanol–water partition coefficient (Wildman–Crippen LogP) is 2.68. The number of hydrogen-bond acceptors (Lipinski definition) is 3. The predicted molar refractivity (Wildman–Crippen MR) is 77.8 cm³/mol. The third-order valence-corrected chi connectivity index (χ3v) is 4.55. The molecule has 110 valence electrons. The highest BCUT2D eigenvalue weighted by Crippen LogP contribution is 2.34. The van der Waals surface area contributed by atoms with Gasteiger partial charge in [0, 0.05) is 13.1 Å². The average Bonchev–Trinajstić information content (AvgIpc) is 3.06. The van der Waals surface area contributed by atoms with Crippen LogP contribution in [-0.4, -0.2) is 34.1 Å². The number of thiophene rings is 1. The van der Waals surface area contributed by atoms with E-state index in [4.69, 9.17) is 0 Å². The first-order valence-corrected chi connectivity index (χ1v) is 7.84. The summed E-state index contributed by atoms with van der Waals surface area (Å²) in [5.74, 6) is -0.887. The maximum Gasteiger partial charge on any atom is 0.329 e. The highest BCUT2D eigenvalue weighted by Gasteiger charge is 2.49. The molecule has 0 aromatic carbocycles. The van der Waals surface area contributed by atoms with E-state index in [9.17, 15) is 14.7 Å². The third kappa shape index (κ3) is 2.80. The summed E-state index contributed by atoms with van der Waals surface area (Å²) in [6, 6.07) is 1.68. The van der Waals surface area contributed by atoms with Gasteiger partial charge >= 0.3 is 12.0 Å². The molecule has 0 saturated carbocycles. The van der Waals surface area contributed by atoms with Crippen LogP contribution in [0, 0.1) is 0 Å². The molecule has 0 radical (unpaired) electrons. The zero-order chi connectivity index (χ0) is 14.6. The zero-order valence-corrected chi connectivity index (χ0v) is 12.4. The fourth-order valence-corrected chi connectivity index (χ4v) is 3.51. The van der Waals surface area contributed by atoms with Crippen molar-refractivity contribution in [1.82, 2.24) is 10.2 Å². The largest absolute Gasteiger partial charge is 0.479 e. The lowest BCUT2D eigenvalue weighted by molar-refractivity contribution is -0.148. The second-order valence-electron chi connectivity index (χ2n) is 5.13. The minimum Gasteiger partial charge on any atom is -0.479 e. The van der Waals surface area contributed by atoms with Crippen LogP contribution in [0.3, 0.4) is 0 Å². The SMILES string of the molecule is CCCC1(C(=O)O)CCCN1C(=O)NCc1ccsc1. The molecule has 2 amide bonds. The topological polar surface area (TPSA) is 69.6 Å². The molecular weight excluding hydrogens is 276 g/mol. The van der Waals surface area contributed by atoms with E-state index in [2.05, 4.69) is 5.32 Å². The Kier molecular flexibility index (Phi) is 4.65. The number of aliphatic carboxylic acids is 1. The van der Waals surface area contributed by atoms with Crippen molar-refractivity contribution in [2.45, 2.75) is 44.7 Å². The second-order valence-corrected chi connectivity index (χ2v) is 5.91. The van der Waals surface area contributed by atoms with Crippen LogP contribution in [0.5, 0.6) is 0 Å². The molecule has 5 nitrogen and oxygen atoms in total. The third-order valence-electron chi connectivity index (χ3n) is 3.82. The lowest BCUT2D eigenvalue weighted by Gasteiger charge is -2.34. The van der Waals surface area contributed by atoms with Crippen LogP contribution in [0.25, 0.3) is 0 Å². The summed E-state index contributed by atoms with van der Waals surface area (Å²) in [5.41, 5.74) is 0.0203. The Morgan fingerprint density at radius 2 is 2.35 bits per heavy atom. The van der Waals surface area contributed by atoms with Gasteiger partial charge in [-0.05, 0) is 41.7 Å². The lowest BCUT2D eigenvalue weighted by Crippen LogP contribution is -2.55. The summed E-state index contributed by atoms with van der Waals surface area (Å²) in [5, 5.41) is 16.3. The molecule has 0 bridgehead atoms. The van der Waals surface area contributed by atoms with E-state index in [1.165, 1.54) is 4.90 Å². The maximum atomic E-state index is 12.3. The first-order chi connectivity index (χ1) is 9.60. The molecule has 1 fully saturated rings. The number of urea groups is 1. The average molecular weight is 296 g/mol. The molecule has 0 aliphatic carbocycles. The van der Waals surface area contributed by atoms with E-state index < -0.39 is 11.5 Å². The fraction of sp³-hybridized carbons (Fsp3) is 0.571. The molecule has 20 heavy (non-hydrogen) atoms. The van der Waals surface area contributed by atoms with Gasteiger partial charge in [0.2, 0.25) is 0 Å². The van der Waals surface area contributed by atoms with Crippen molar-refractivity contribution < 1.29 is 14.7 Å². The van der Waals surface area contributed by atoms with Crippen LogP contribution >= 0.6 is 11.3 Å². The summed E-state index contributed by atoms with van der Waals surface area (Å²) >= 11 is 1.58. The van der Waals surface area contributed by atoms with Gasteiger partial charge in [-0.25, -0.2) is 9.59 Å². The van der Waals surface area contributed by atoms with Crippen molar-refractivity contribution in [2.75, 3.05) is 6.54 Å². The molecule has 1 aromatic rings. The summed E-state index contributed by atoms with van der Waals surface area (Å²) < 4.78 is 0. The standard InChI is InChI=1S/C14H20N2O3S/c1-2-5-14(12(17)18)6-3-7-16(14)13(19)15-9-11-4-8-20-10-11/h4,8,10H,2-3,5-7,9H2,1H3,(H,15,19)(H,17,18). The second kappa shape index (κ2) is 6.26. The van der Waals surface area contributed by atoms with Gasteiger partial charge in [0.25, 0.3) is 0 Å². The number of amides is 2. The van der Waals surface area contributed by atoms with Crippen LogP contribution in [0.1, 0.15) is 38.2 Å². The van der Waals surface area contributed by atoms with Crippen molar-refractivity contribution in [1.29, 1.82) is 0 Å². The van der Waals surface area contributed by atoms with E-state index in [-0.39, 0.29) is 6.03 Å². The van der Waals surface area contributed by atoms with Gasteiger partial charge in [-0.1, -0.05) is 13.3 Å². The van der Waals surface area contributed by atoms with Crippen LogP contribution in [0.4, 0.5) is 4.79 Å². The maximum absolute atomic E-state index is 12.3. The Bertz CT molecular complexity index is 475. The Hall–Kier alpha value is -1.56. The number of carboxylic acids is 1. The number of carbonyl (C=O) groups excluding carboxylic acids is 1. The molecule has 2 rings (SSSR count). The zero-order valence-electron chi connectivity index (χ0n) is 11.6. The van der Waals surface area contributed by atoms with Crippen molar-refractivity contribution in [2.24, 2.45) is 0 Å². The van der Waals surface area contributed by atoms with Crippen LogP contribution < -0.4 is 5.32 Å². The highest BCUT2D eigenvalue weighted by molar-refractivity contribution is 7.07. The number of nitrogens with zero attached hydrogens (tertiary/aromatic N) is 1. The van der Waals surface area contributed by atoms with Crippen molar-refractivity contribution in [3.8, 4) is 0 Å². The van der Waals surface area contributed by atoms with Crippen molar-refractivity contribution in [3.63, 3.8) is 0 Å². The van der Waals surface area contributed by atoms with E-state index in [0.717, 1.165) is 18.4 Å². The number of nitrogens with one attached hydrogen (secondary N) is 1. The smallest absolute Gasteiger partial charge is 0.329 e. The Labute approximate surface area is 122 Å². The van der Waals surface area contributed by atoms with Gasteiger partial charge in [-0.3, -0.25) is 0 Å². The highest BCUT2D eigenvalue weighted by atomic mass is 32.1. The molecule has 1 unspecified atom stereocenters. The van der Waals surface area contributed by atoms with Gasteiger partial charge in [-0.15, -0.1) is 0 Å². The van der Waals surface area contributed by atoms with E-state index >= 15 is 0 Å². The Balaban J connectivity index is 2.05. The minimum absolute atomic E-state index is 0.274.